The van der Waals surface area contributed by atoms with Crippen LogP contribution in [0.25, 0.3) is 0 Å². The molecular formula is C8H17NO. The van der Waals surface area contributed by atoms with Gasteiger partial charge < -0.3 is 9.64 Å². The molecule has 0 radical (unpaired) electrons. The second-order valence-electron chi connectivity index (χ2n) is 3.09. The van der Waals surface area contributed by atoms with E-state index < -0.39 is 0 Å². The first-order chi connectivity index (χ1) is 4.84. The lowest BCUT2D eigenvalue weighted by Gasteiger charge is -2.31. The van der Waals surface area contributed by atoms with Crippen molar-refractivity contribution >= 4 is 0 Å². The average molecular weight is 143 g/mol. The molecule has 1 rings (SSSR count). The SMILES string of the molecule is COC[C@@H]1CCCCN1C. The molecule has 0 spiro atoms. The molecule has 1 saturated heterocycles. The van der Waals surface area contributed by atoms with Gasteiger partial charge in [-0.2, -0.15) is 0 Å². The number of hydrogen-bond acceptors (Lipinski definition) is 2. The minimum absolute atomic E-state index is 0.679. The summed E-state index contributed by atoms with van der Waals surface area (Å²) >= 11 is 0. The summed E-state index contributed by atoms with van der Waals surface area (Å²) in [6, 6.07) is 0.679. The summed E-state index contributed by atoms with van der Waals surface area (Å²) < 4.78 is 5.11. The van der Waals surface area contributed by atoms with E-state index in [0.29, 0.717) is 6.04 Å². The van der Waals surface area contributed by atoms with E-state index in [1.54, 1.807) is 7.11 Å². The maximum Gasteiger partial charge on any atom is 0.0617 e. The van der Waals surface area contributed by atoms with Gasteiger partial charge in [0, 0.05) is 13.2 Å². The van der Waals surface area contributed by atoms with Crippen LogP contribution in [0.4, 0.5) is 0 Å². The van der Waals surface area contributed by atoms with Crippen LogP contribution in [0.2, 0.25) is 0 Å². The summed E-state index contributed by atoms with van der Waals surface area (Å²) in [5, 5.41) is 0. The van der Waals surface area contributed by atoms with Crippen LogP contribution in [-0.4, -0.2) is 38.3 Å². The van der Waals surface area contributed by atoms with E-state index in [-0.39, 0.29) is 0 Å². The maximum atomic E-state index is 5.11. The fourth-order valence-electron chi connectivity index (χ4n) is 1.55. The van der Waals surface area contributed by atoms with Crippen LogP contribution in [-0.2, 0) is 4.74 Å². The van der Waals surface area contributed by atoms with Gasteiger partial charge in [-0.1, -0.05) is 6.42 Å². The fraction of sp³-hybridized carbons (Fsp3) is 1.00. The molecule has 60 valence electrons. The number of hydrogen-bond donors (Lipinski definition) is 0. The standard InChI is InChI=1S/C8H17NO/c1-9-6-4-3-5-8(9)7-10-2/h8H,3-7H2,1-2H3/t8-/m0/s1. The molecule has 1 fully saturated rings. The molecule has 0 unspecified atom stereocenters. The van der Waals surface area contributed by atoms with Crippen molar-refractivity contribution in [2.45, 2.75) is 25.3 Å². The Morgan fingerprint density at radius 3 is 2.90 bits per heavy atom. The zero-order valence-corrected chi connectivity index (χ0v) is 6.97. The molecule has 0 aromatic carbocycles. The molecule has 2 nitrogen and oxygen atoms in total. The molecule has 0 bridgehead atoms. The lowest BCUT2D eigenvalue weighted by molar-refractivity contribution is 0.0825. The van der Waals surface area contributed by atoms with Crippen LogP contribution in [0.3, 0.4) is 0 Å². The third-order valence-corrected chi connectivity index (χ3v) is 2.28. The van der Waals surface area contributed by atoms with Crippen LogP contribution >= 0.6 is 0 Å². The van der Waals surface area contributed by atoms with Crippen LogP contribution in [0.1, 0.15) is 19.3 Å². The third-order valence-electron chi connectivity index (χ3n) is 2.28. The molecule has 1 aliphatic rings. The Labute approximate surface area is 63.2 Å². The van der Waals surface area contributed by atoms with Crippen molar-refractivity contribution in [2.75, 3.05) is 27.3 Å². The van der Waals surface area contributed by atoms with Gasteiger partial charge in [0.15, 0.2) is 0 Å². The van der Waals surface area contributed by atoms with Gasteiger partial charge in [0.1, 0.15) is 0 Å². The molecule has 0 N–H and O–H groups in total. The van der Waals surface area contributed by atoms with Crippen molar-refractivity contribution in [1.82, 2.24) is 4.90 Å². The van der Waals surface area contributed by atoms with E-state index in [1.807, 2.05) is 0 Å². The highest BCUT2D eigenvalue weighted by atomic mass is 16.5. The van der Waals surface area contributed by atoms with Crippen molar-refractivity contribution in [3.63, 3.8) is 0 Å². The first-order valence-corrected chi connectivity index (χ1v) is 4.04. The minimum Gasteiger partial charge on any atom is -0.383 e. The lowest BCUT2D eigenvalue weighted by Crippen LogP contribution is -2.39. The summed E-state index contributed by atoms with van der Waals surface area (Å²) in [6.45, 7) is 2.14. The first kappa shape index (κ1) is 8.02. The predicted octanol–water partition coefficient (Wildman–Crippen LogP) is 1.12. The lowest BCUT2D eigenvalue weighted by atomic mass is 10.0. The molecule has 1 aliphatic heterocycles. The summed E-state index contributed by atoms with van der Waals surface area (Å²) in [6.07, 6.45) is 4.04. The molecule has 2 heteroatoms. The third kappa shape index (κ3) is 1.96. The van der Waals surface area contributed by atoms with Crippen LogP contribution < -0.4 is 0 Å². The highest BCUT2D eigenvalue weighted by molar-refractivity contribution is 4.72. The number of ether oxygens (including phenoxy) is 1. The normalized spacial score (nSPS) is 28.8. The Morgan fingerprint density at radius 2 is 2.30 bits per heavy atom. The fourth-order valence-corrected chi connectivity index (χ4v) is 1.55. The molecule has 1 atom stereocenters. The quantitative estimate of drug-likeness (QED) is 0.574. The average Bonchev–Trinajstić information content (AvgIpc) is 1.94. The van der Waals surface area contributed by atoms with Crippen LogP contribution in [0, 0.1) is 0 Å². The Bertz CT molecular complexity index is 93.3. The summed E-state index contributed by atoms with van der Waals surface area (Å²) in [4.78, 5) is 2.40. The van der Waals surface area contributed by atoms with Gasteiger partial charge in [-0.25, -0.2) is 0 Å². The van der Waals surface area contributed by atoms with Gasteiger partial charge in [-0.05, 0) is 26.4 Å². The van der Waals surface area contributed by atoms with Gasteiger partial charge in [-0.15, -0.1) is 0 Å². The van der Waals surface area contributed by atoms with E-state index in [0.717, 1.165) is 6.61 Å². The summed E-state index contributed by atoms with van der Waals surface area (Å²) in [5.41, 5.74) is 0. The molecule has 0 aliphatic carbocycles. The molecule has 0 amide bonds. The minimum atomic E-state index is 0.679. The summed E-state index contributed by atoms with van der Waals surface area (Å²) in [5.74, 6) is 0. The van der Waals surface area contributed by atoms with Crippen molar-refractivity contribution in [3.05, 3.63) is 0 Å². The van der Waals surface area contributed by atoms with Gasteiger partial charge in [0.2, 0.25) is 0 Å². The predicted molar refractivity (Wildman–Crippen MR) is 42.1 cm³/mol. The second-order valence-corrected chi connectivity index (χ2v) is 3.09. The number of likely N-dealkylation sites (tertiary alicyclic amines) is 1. The van der Waals surface area contributed by atoms with E-state index in [1.165, 1.54) is 25.8 Å². The van der Waals surface area contributed by atoms with Crippen molar-refractivity contribution in [3.8, 4) is 0 Å². The number of piperidine rings is 1. The highest BCUT2D eigenvalue weighted by Gasteiger charge is 2.17. The largest absolute Gasteiger partial charge is 0.383 e. The first-order valence-electron chi connectivity index (χ1n) is 4.04. The van der Waals surface area contributed by atoms with E-state index in [9.17, 15) is 0 Å². The monoisotopic (exact) mass is 143 g/mol. The van der Waals surface area contributed by atoms with E-state index in [4.69, 9.17) is 4.74 Å². The maximum absolute atomic E-state index is 5.11. The second kappa shape index (κ2) is 3.94. The van der Waals surface area contributed by atoms with Crippen molar-refractivity contribution < 1.29 is 4.74 Å². The molecule has 0 aromatic rings. The Balaban J connectivity index is 2.25. The number of rotatable bonds is 2. The van der Waals surface area contributed by atoms with Gasteiger partial charge in [-0.3, -0.25) is 0 Å². The number of methoxy groups -OCH3 is 1. The molecular weight excluding hydrogens is 126 g/mol. The van der Waals surface area contributed by atoms with Crippen molar-refractivity contribution in [2.24, 2.45) is 0 Å². The molecule has 10 heavy (non-hydrogen) atoms. The Hall–Kier alpha value is -0.0800. The number of nitrogens with zero attached hydrogens (tertiary/aromatic N) is 1. The number of likely N-dealkylation sites (N-methyl/N-ethyl adjacent to an activating group) is 1. The molecule has 0 aromatic heterocycles. The topological polar surface area (TPSA) is 12.5 Å². The summed E-state index contributed by atoms with van der Waals surface area (Å²) in [7, 11) is 3.96. The van der Waals surface area contributed by atoms with Gasteiger partial charge >= 0.3 is 0 Å². The molecule has 1 heterocycles. The highest BCUT2D eigenvalue weighted by Crippen LogP contribution is 2.14. The van der Waals surface area contributed by atoms with Gasteiger partial charge in [0.25, 0.3) is 0 Å². The van der Waals surface area contributed by atoms with Crippen LogP contribution in [0.5, 0.6) is 0 Å². The smallest absolute Gasteiger partial charge is 0.0617 e. The van der Waals surface area contributed by atoms with Crippen LogP contribution in [0.15, 0.2) is 0 Å². The molecule has 0 saturated carbocycles. The zero-order valence-electron chi connectivity index (χ0n) is 6.97. The zero-order chi connectivity index (χ0) is 7.40. The Morgan fingerprint density at radius 1 is 1.50 bits per heavy atom. The van der Waals surface area contributed by atoms with E-state index >= 15 is 0 Å². The Kier molecular flexibility index (Phi) is 3.16. The van der Waals surface area contributed by atoms with Crippen molar-refractivity contribution in [1.29, 1.82) is 0 Å². The van der Waals surface area contributed by atoms with E-state index in [2.05, 4.69) is 11.9 Å². The van der Waals surface area contributed by atoms with Gasteiger partial charge in [0.05, 0.1) is 6.61 Å².